The molecule has 2 aromatic rings. The molecule has 2 unspecified atom stereocenters. The number of benzene rings is 1. The predicted octanol–water partition coefficient (Wildman–Crippen LogP) is 3.03. The first kappa shape index (κ1) is 15.7. The molecular formula is C16H21N3OS. The van der Waals surface area contributed by atoms with Gasteiger partial charge in [-0.25, -0.2) is 4.98 Å². The first-order valence-electron chi connectivity index (χ1n) is 7.05. The molecule has 0 aliphatic carbocycles. The Morgan fingerprint density at radius 1 is 1.33 bits per heavy atom. The van der Waals surface area contributed by atoms with E-state index in [2.05, 4.69) is 10.3 Å². The fourth-order valence-electron chi connectivity index (χ4n) is 2.17. The molecule has 0 bridgehead atoms. The third-order valence-corrected chi connectivity index (χ3v) is 4.52. The van der Waals surface area contributed by atoms with E-state index in [0.717, 1.165) is 21.1 Å². The van der Waals surface area contributed by atoms with Crippen LogP contribution in [0.3, 0.4) is 0 Å². The molecule has 0 fully saturated rings. The van der Waals surface area contributed by atoms with Crippen LogP contribution < -0.4 is 11.1 Å². The molecule has 5 heteroatoms. The molecule has 2 rings (SSSR count). The minimum Gasteiger partial charge on any atom is -0.349 e. The third-order valence-electron chi connectivity index (χ3n) is 3.13. The lowest BCUT2D eigenvalue weighted by Crippen LogP contribution is -2.31. The minimum atomic E-state index is -0.125. The number of amides is 1. The van der Waals surface area contributed by atoms with Crippen LogP contribution in [0.2, 0.25) is 0 Å². The number of aromatic nitrogens is 1. The van der Waals surface area contributed by atoms with Gasteiger partial charge in [0.2, 0.25) is 5.91 Å². The molecule has 21 heavy (non-hydrogen) atoms. The van der Waals surface area contributed by atoms with Gasteiger partial charge in [-0.2, -0.15) is 0 Å². The second-order valence-corrected chi connectivity index (χ2v) is 6.34. The molecule has 1 heterocycles. The summed E-state index contributed by atoms with van der Waals surface area (Å²) < 4.78 is 0. The van der Waals surface area contributed by atoms with Crippen molar-refractivity contribution in [1.29, 1.82) is 0 Å². The van der Waals surface area contributed by atoms with Crippen LogP contribution in [0.15, 0.2) is 30.3 Å². The summed E-state index contributed by atoms with van der Waals surface area (Å²) in [6, 6.07) is 9.90. The van der Waals surface area contributed by atoms with Crippen LogP contribution in [-0.4, -0.2) is 16.9 Å². The lowest BCUT2D eigenvalue weighted by molar-refractivity contribution is -0.121. The van der Waals surface area contributed by atoms with Crippen molar-refractivity contribution in [2.75, 3.05) is 0 Å². The Kier molecular flexibility index (Phi) is 5.09. The van der Waals surface area contributed by atoms with Gasteiger partial charge >= 0.3 is 0 Å². The molecule has 1 aromatic heterocycles. The molecule has 0 saturated heterocycles. The normalized spacial score (nSPS) is 13.7. The van der Waals surface area contributed by atoms with Crippen molar-refractivity contribution in [2.24, 2.45) is 5.73 Å². The Morgan fingerprint density at radius 3 is 2.62 bits per heavy atom. The molecule has 1 aromatic carbocycles. The highest BCUT2D eigenvalue weighted by molar-refractivity contribution is 7.15. The zero-order chi connectivity index (χ0) is 15.4. The topological polar surface area (TPSA) is 68.0 Å². The van der Waals surface area contributed by atoms with Crippen LogP contribution >= 0.6 is 11.3 Å². The van der Waals surface area contributed by atoms with Gasteiger partial charge in [0.15, 0.2) is 0 Å². The van der Waals surface area contributed by atoms with Gasteiger partial charge in [0.1, 0.15) is 5.01 Å². The van der Waals surface area contributed by atoms with Crippen molar-refractivity contribution in [1.82, 2.24) is 10.3 Å². The molecule has 112 valence electrons. The van der Waals surface area contributed by atoms with E-state index in [0.29, 0.717) is 6.42 Å². The van der Waals surface area contributed by atoms with E-state index < -0.39 is 0 Å². The minimum absolute atomic E-state index is 0.0217. The van der Waals surface area contributed by atoms with Gasteiger partial charge in [-0.1, -0.05) is 30.3 Å². The van der Waals surface area contributed by atoms with Gasteiger partial charge in [-0.15, -0.1) is 11.3 Å². The summed E-state index contributed by atoms with van der Waals surface area (Å²) >= 11 is 1.62. The largest absolute Gasteiger partial charge is 0.349 e. The predicted molar refractivity (Wildman–Crippen MR) is 87.1 cm³/mol. The SMILES string of the molecule is Cc1nc(-c2ccccc2)sc1C(C)NC(=O)CC(C)N. The van der Waals surface area contributed by atoms with Crippen molar-refractivity contribution in [3.05, 3.63) is 40.9 Å². The molecule has 3 N–H and O–H groups in total. The van der Waals surface area contributed by atoms with Crippen LogP contribution in [0.4, 0.5) is 0 Å². The number of hydrogen-bond acceptors (Lipinski definition) is 4. The summed E-state index contributed by atoms with van der Waals surface area (Å²) in [5.74, 6) is -0.0217. The number of thiazole rings is 1. The summed E-state index contributed by atoms with van der Waals surface area (Å²) in [6.45, 7) is 5.79. The van der Waals surface area contributed by atoms with Crippen LogP contribution in [0, 0.1) is 6.92 Å². The Balaban J connectivity index is 2.14. The van der Waals surface area contributed by atoms with E-state index >= 15 is 0 Å². The van der Waals surface area contributed by atoms with Crippen molar-refractivity contribution < 1.29 is 4.79 Å². The number of nitrogens with two attached hydrogens (primary N) is 1. The highest BCUT2D eigenvalue weighted by Gasteiger charge is 2.17. The molecule has 1 amide bonds. The van der Waals surface area contributed by atoms with Gasteiger partial charge in [0, 0.05) is 18.0 Å². The fraction of sp³-hybridized carbons (Fsp3) is 0.375. The standard InChI is InChI=1S/C16H21N3OS/c1-10(17)9-14(20)18-11(2)15-12(3)19-16(21-15)13-7-5-4-6-8-13/h4-8,10-11H,9,17H2,1-3H3,(H,18,20). The Hall–Kier alpha value is -1.72. The van der Waals surface area contributed by atoms with Crippen LogP contribution in [-0.2, 0) is 4.79 Å². The number of rotatable bonds is 5. The number of nitrogens with zero attached hydrogens (tertiary/aromatic N) is 1. The maximum absolute atomic E-state index is 11.8. The lowest BCUT2D eigenvalue weighted by atomic mass is 10.2. The first-order valence-corrected chi connectivity index (χ1v) is 7.86. The van der Waals surface area contributed by atoms with E-state index in [9.17, 15) is 4.79 Å². The molecular weight excluding hydrogens is 282 g/mol. The zero-order valence-electron chi connectivity index (χ0n) is 12.6. The molecule has 0 saturated carbocycles. The number of carbonyl (C=O) groups excluding carboxylic acids is 1. The maximum atomic E-state index is 11.8. The van der Waals surface area contributed by atoms with E-state index in [4.69, 9.17) is 5.73 Å². The monoisotopic (exact) mass is 303 g/mol. The summed E-state index contributed by atoms with van der Waals surface area (Å²) in [5, 5.41) is 3.97. The average Bonchev–Trinajstić information content (AvgIpc) is 2.81. The van der Waals surface area contributed by atoms with Crippen molar-refractivity contribution in [2.45, 2.75) is 39.3 Å². The quantitative estimate of drug-likeness (QED) is 0.892. The van der Waals surface area contributed by atoms with Gasteiger partial charge in [-0.3, -0.25) is 4.79 Å². The van der Waals surface area contributed by atoms with Gasteiger partial charge in [0.05, 0.1) is 16.6 Å². The highest BCUT2D eigenvalue weighted by Crippen LogP contribution is 2.31. The maximum Gasteiger partial charge on any atom is 0.222 e. The van der Waals surface area contributed by atoms with E-state index in [-0.39, 0.29) is 18.0 Å². The van der Waals surface area contributed by atoms with Crippen LogP contribution in [0.1, 0.15) is 36.9 Å². The smallest absolute Gasteiger partial charge is 0.222 e. The zero-order valence-corrected chi connectivity index (χ0v) is 13.4. The summed E-state index contributed by atoms with van der Waals surface area (Å²) in [6.07, 6.45) is 0.341. The van der Waals surface area contributed by atoms with Crippen LogP contribution in [0.25, 0.3) is 10.6 Å². The Labute approximate surface area is 129 Å². The molecule has 2 atom stereocenters. The highest BCUT2D eigenvalue weighted by atomic mass is 32.1. The summed E-state index contributed by atoms with van der Waals surface area (Å²) in [4.78, 5) is 17.5. The first-order chi connectivity index (χ1) is 9.97. The second-order valence-electron chi connectivity index (χ2n) is 5.31. The average molecular weight is 303 g/mol. The fourth-order valence-corrected chi connectivity index (χ4v) is 3.25. The van der Waals surface area contributed by atoms with Crippen LogP contribution in [0.5, 0.6) is 0 Å². The molecule has 0 aliphatic heterocycles. The number of carbonyl (C=O) groups is 1. The van der Waals surface area contributed by atoms with Gasteiger partial charge in [0.25, 0.3) is 0 Å². The Morgan fingerprint density at radius 2 is 2.00 bits per heavy atom. The molecule has 0 radical (unpaired) electrons. The Bertz CT molecular complexity index is 607. The summed E-state index contributed by atoms with van der Waals surface area (Å²) in [7, 11) is 0. The van der Waals surface area contributed by atoms with Gasteiger partial charge < -0.3 is 11.1 Å². The summed E-state index contributed by atoms with van der Waals surface area (Å²) in [5.41, 5.74) is 7.72. The third kappa shape index (κ3) is 4.12. The molecule has 0 aliphatic rings. The molecule has 0 spiro atoms. The van der Waals surface area contributed by atoms with Gasteiger partial charge in [-0.05, 0) is 20.8 Å². The molecule has 4 nitrogen and oxygen atoms in total. The number of aryl methyl sites for hydroxylation is 1. The number of nitrogens with one attached hydrogen (secondary N) is 1. The number of hydrogen-bond donors (Lipinski definition) is 2. The van der Waals surface area contributed by atoms with Crippen molar-refractivity contribution >= 4 is 17.2 Å². The van der Waals surface area contributed by atoms with E-state index in [1.165, 1.54) is 0 Å². The van der Waals surface area contributed by atoms with Crippen molar-refractivity contribution in [3.8, 4) is 10.6 Å². The van der Waals surface area contributed by atoms with Crippen molar-refractivity contribution in [3.63, 3.8) is 0 Å². The lowest BCUT2D eigenvalue weighted by Gasteiger charge is -2.13. The van der Waals surface area contributed by atoms with E-state index in [1.54, 1.807) is 11.3 Å². The second kappa shape index (κ2) is 6.83. The van der Waals surface area contributed by atoms with E-state index in [1.807, 2.05) is 51.1 Å².